The predicted molar refractivity (Wildman–Crippen MR) is 135 cm³/mol. The quantitative estimate of drug-likeness (QED) is 0.561. The summed E-state index contributed by atoms with van der Waals surface area (Å²) in [5.41, 5.74) is 6.41. The molecular weight excluding hydrogens is 438 g/mol. The molecule has 1 N–H and O–H groups in total. The average molecular weight is 472 g/mol. The zero-order valence-electron chi connectivity index (χ0n) is 20.8. The van der Waals surface area contributed by atoms with Crippen molar-refractivity contribution < 1.29 is 14.3 Å². The molecule has 1 heterocycles. The first kappa shape index (κ1) is 24.5. The van der Waals surface area contributed by atoms with Crippen molar-refractivity contribution in [3.63, 3.8) is 0 Å². The van der Waals surface area contributed by atoms with E-state index >= 15 is 0 Å². The minimum Gasteiger partial charge on any atom is -0.444 e. The summed E-state index contributed by atoms with van der Waals surface area (Å²) in [5.74, 6) is 0.124. The van der Waals surface area contributed by atoms with E-state index in [2.05, 4.69) is 35.7 Å². The molecule has 35 heavy (non-hydrogen) atoms. The monoisotopic (exact) mass is 471 g/mol. The molecule has 2 aromatic carbocycles. The Labute approximate surface area is 207 Å². The number of ether oxygens (including phenoxy) is 1. The van der Waals surface area contributed by atoms with E-state index in [1.807, 2.05) is 49.9 Å². The number of hydrogen-bond donors (Lipinski definition) is 1. The SMILES string of the molecule is CC(C)(C)OC(=O)NCCCCC(=O)N1CCC2=C(Cc3ccccc32)C1c1ccc(C#N)cc1. The topological polar surface area (TPSA) is 82.4 Å². The fourth-order valence-corrected chi connectivity index (χ4v) is 5.00. The number of carbonyl (C=O) groups excluding carboxylic acids is 2. The number of amides is 2. The van der Waals surface area contributed by atoms with Gasteiger partial charge in [0.15, 0.2) is 0 Å². The summed E-state index contributed by atoms with van der Waals surface area (Å²) in [6, 6.07) is 18.2. The van der Waals surface area contributed by atoms with Gasteiger partial charge in [-0.05, 0) is 86.4 Å². The van der Waals surface area contributed by atoms with Crippen LogP contribution >= 0.6 is 0 Å². The van der Waals surface area contributed by atoms with Gasteiger partial charge in [0.1, 0.15) is 5.60 Å². The minimum atomic E-state index is -0.526. The maximum Gasteiger partial charge on any atom is 0.407 e. The molecule has 2 amide bonds. The molecule has 2 aromatic rings. The Morgan fingerprint density at radius 1 is 1.11 bits per heavy atom. The summed E-state index contributed by atoms with van der Waals surface area (Å²) >= 11 is 0. The van der Waals surface area contributed by atoms with Crippen molar-refractivity contribution in [3.8, 4) is 6.07 Å². The number of rotatable bonds is 6. The number of hydrogen-bond acceptors (Lipinski definition) is 4. The van der Waals surface area contributed by atoms with Crippen molar-refractivity contribution >= 4 is 17.6 Å². The molecule has 0 aromatic heterocycles. The summed E-state index contributed by atoms with van der Waals surface area (Å²) in [4.78, 5) is 27.2. The van der Waals surface area contributed by atoms with E-state index in [1.54, 1.807) is 0 Å². The van der Waals surface area contributed by atoms with Gasteiger partial charge in [-0.25, -0.2) is 4.79 Å². The van der Waals surface area contributed by atoms with Crippen molar-refractivity contribution in [1.82, 2.24) is 10.2 Å². The van der Waals surface area contributed by atoms with Gasteiger partial charge in [0.25, 0.3) is 0 Å². The largest absolute Gasteiger partial charge is 0.444 e. The van der Waals surface area contributed by atoms with Crippen LogP contribution in [0, 0.1) is 11.3 Å². The van der Waals surface area contributed by atoms with Crippen molar-refractivity contribution in [2.24, 2.45) is 0 Å². The average Bonchev–Trinajstić information content (AvgIpc) is 3.21. The number of nitriles is 1. The van der Waals surface area contributed by atoms with Gasteiger partial charge in [0.2, 0.25) is 5.91 Å². The van der Waals surface area contributed by atoms with E-state index in [0.717, 1.165) is 18.4 Å². The van der Waals surface area contributed by atoms with Gasteiger partial charge in [0, 0.05) is 19.5 Å². The lowest BCUT2D eigenvalue weighted by atomic mass is 9.87. The molecular formula is C29H33N3O3. The van der Waals surface area contributed by atoms with Crippen molar-refractivity contribution in [1.29, 1.82) is 5.26 Å². The molecule has 6 nitrogen and oxygen atoms in total. The predicted octanol–water partition coefficient (Wildman–Crippen LogP) is 5.54. The second kappa shape index (κ2) is 10.4. The molecule has 4 rings (SSSR count). The highest BCUT2D eigenvalue weighted by molar-refractivity contribution is 5.83. The van der Waals surface area contributed by atoms with Crippen molar-refractivity contribution in [3.05, 3.63) is 76.4 Å². The van der Waals surface area contributed by atoms with Gasteiger partial charge < -0.3 is 15.0 Å². The van der Waals surface area contributed by atoms with Crippen LogP contribution in [0.4, 0.5) is 4.79 Å². The third-order valence-electron chi connectivity index (χ3n) is 6.52. The Morgan fingerprint density at radius 3 is 2.57 bits per heavy atom. The molecule has 6 heteroatoms. The highest BCUT2D eigenvalue weighted by Gasteiger charge is 2.37. The van der Waals surface area contributed by atoms with Crippen LogP contribution in [0.3, 0.4) is 0 Å². The Balaban J connectivity index is 1.44. The Kier molecular flexibility index (Phi) is 7.25. The van der Waals surface area contributed by atoms with Gasteiger partial charge in [-0.1, -0.05) is 36.4 Å². The lowest BCUT2D eigenvalue weighted by molar-refractivity contribution is -0.133. The van der Waals surface area contributed by atoms with Crippen LogP contribution in [-0.2, 0) is 16.0 Å². The lowest BCUT2D eigenvalue weighted by Crippen LogP contribution is -2.39. The van der Waals surface area contributed by atoms with Gasteiger partial charge in [-0.15, -0.1) is 0 Å². The van der Waals surface area contributed by atoms with Crippen LogP contribution < -0.4 is 5.32 Å². The first-order valence-corrected chi connectivity index (χ1v) is 12.3. The fraction of sp³-hybridized carbons (Fsp3) is 0.414. The van der Waals surface area contributed by atoms with E-state index in [1.165, 1.54) is 22.3 Å². The smallest absolute Gasteiger partial charge is 0.407 e. The highest BCUT2D eigenvalue weighted by atomic mass is 16.6. The van der Waals surface area contributed by atoms with E-state index in [-0.39, 0.29) is 11.9 Å². The van der Waals surface area contributed by atoms with E-state index in [9.17, 15) is 14.9 Å². The van der Waals surface area contributed by atoms with E-state index < -0.39 is 11.7 Å². The third kappa shape index (κ3) is 5.74. The van der Waals surface area contributed by atoms with E-state index in [4.69, 9.17) is 4.74 Å². The molecule has 0 saturated heterocycles. The highest BCUT2D eigenvalue weighted by Crippen LogP contribution is 2.46. The summed E-state index contributed by atoms with van der Waals surface area (Å²) in [6.45, 7) is 6.65. The molecule has 2 aliphatic rings. The van der Waals surface area contributed by atoms with Gasteiger partial charge in [0.05, 0.1) is 17.7 Å². The second-order valence-electron chi connectivity index (χ2n) is 10.2. The summed E-state index contributed by atoms with van der Waals surface area (Å²) in [7, 11) is 0. The number of fused-ring (bicyclic) bond motifs is 2. The second-order valence-corrected chi connectivity index (χ2v) is 10.2. The van der Waals surface area contributed by atoms with Crippen LogP contribution in [-0.4, -0.2) is 35.6 Å². The first-order valence-electron chi connectivity index (χ1n) is 12.3. The van der Waals surface area contributed by atoms with Gasteiger partial charge in [-0.2, -0.15) is 5.26 Å². The number of carbonyl (C=O) groups is 2. The Hall–Kier alpha value is -3.59. The zero-order valence-corrected chi connectivity index (χ0v) is 20.8. The van der Waals surface area contributed by atoms with E-state index in [0.29, 0.717) is 37.9 Å². The molecule has 0 saturated carbocycles. The fourth-order valence-electron chi connectivity index (χ4n) is 5.00. The lowest BCUT2D eigenvalue weighted by Gasteiger charge is -2.38. The molecule has 1 aliphatic carbocycles. The normalized spacial score (nSPS) is 16.9. The number of nitrogens with one attached hydrogen (secondary N) is 1. The minimum absolute atomic E-state index is 0.119. The van der Waals surface area contributed by atoms with Crippen LogP contribution in [0.1, 0.15) is 74.8 Å². The molecule has 182 valence electrons. The van der Waals surface area contributed by atoms with Crippen molar-refractivity contribution in [2.45, 2.75) is 64.5 Å². The maximum atomic E-state index is 13.4. The molecule has 0 spiro atoms. The van der Waals surface area contributed by atoms with Gasteiger partial charge >= 0.3 is 6.09 Å². The molecule has 0 radical (unpaired) electrons. The Morgan fingerprint density at radius 2 is 1.86 bits per heavy atom. The van der Waals surface area contributed by atoms with Crippen LogP contribution in [0.2, 0.25) is 0 Å². The molecule has 1 atom stereocenters. The molecule has 0 bridgehead atoms. The molecule has 0 fully saturated rings. The Bertz CT molecular complexity index is 1170. The standard InChI is InChI=1S/C29H33N3O3/c1-29(2,3)35-28(34)31-16-7-6-10-26(33)32-17-15-24-23-9-5-4-8-22(23)18-25(24)27(32)21-13-11-20(19-30)12-14-21/h4-5,8-9,11-14,27H,6-7,10,15-18H2,1-3H3,(H,31,34). The molecule has 1 unspecified atom stereocenters. The molecule has 1 aliphatic heterocycles. The number of nitrogens with zero attached hydrogens (tertiary/aromatic N) is 2. The summed E-state index contributed by atoms with van der Waals surface area (Å²) in [6.07, 6.45) is 3.10. The summed E-state index contributed by atoms with van der Waals surface area (Å²) < 4.78 is 5.26. The van der Waals surface area contributed by atoms with Crippen LogP contribution in [0.25, 0.3) is 5.57 Å². The van der Waals surface area contributed by atoms with Crippen LogP contribution in [0.5, 0.6) is 0 Å². The number of unbranched alkanes of at least 4 members (excludes halogenated alkanes) is 1. The summed E-state index contributed by atoms with van der Waals surface area (Å²) in [5, 5.41) is 12.0. The van der Waals surface area contributed by atoms with Crippen LogP contribution in [0.15, 0.2) is 54.1 Å². The first-order chi connectivity index (χ1) is 16.8. The third-order valence-corrected chi connectivity index (χ3v) is 6.52. The zero-order chi connectivity index (χ0) is 25.0. The van der Waals surface area contributed by atoms with Gasteiger partial charge in [-0.3, -0.25) is 4.79 Å². The number of alkyl carbamates (subject to hydrolysis) is 1. The van der Waals surface area contributed by atoms with Crippen molar-refractivity contribution in [2.75, 3.05) is 13.1 Å². The number of benzene rings is 2. The maximum absolute atomic E-state index is 13.4.